The van der Waals surface area contributed by atoms with Gasteiger partial charge >= 0.3 is 0 Å². The fraction of sp³-hybridized carbons (Fsp3) is 0.333. The van der Waals surface area contributed by atoms with Gasteiger partial charge < -0.3 is 9.88 Å². The average molecular weight is 139 g/mol. The molecule has 54 valence electrons. The van der Waals surface area contributed by atoms with Crippen LogP contribution in [0.5, 0.6) is 0 Å². The van der Waals surface area contributed by atoms with Crippen LogP contribution in [0.1, 0.15) is 10.6 Å². The number of nitrogens with one attached hydrogen (secondary N) is 1. The highest BCUT2D eigenvalue weighted by atomic mass is 16.2. The normalized spacial score (nSPS) is 9.40. The van der Waals surface area contributed by atoms with Crippen LogP contribution in [0.3, 0.4) is 0 Å². The molecule has 0 bridgehead atoms. The molecule has 1 amide bonds. The lowest BCUT2D eigenvalue weighted by Gasteiger charge is -2.05. The van der Waals surface area contributed by atoms with E-state index in [1.807, 2.05) is 0 Å². The standard InChI is InChI=1S/C6H9N3O/c1-9(2)6(10)5-7-3-4-8-5/h3-4H,1-2H3,(H,7,8). The lowest BCUT2D eigenvalue weighted by atomic mass is 10.5. The summed E-state index contributed by atoms with van der Waals surface area (Å²) in [5.74, 6) is 0.273. The van der Waals surface area contributed by atoms with Crippen molar-refractivity contribution in [1.82, 2.24) is 14.9 Å². The summed E-state index contributed by atoms with van der Waals surface area (Å²) in [7, 11) is 3.37. The third-order valence-corrected chi connectivity index (χ3v) is 1.11. The minimum atomic E-state index is -0.106. The lowest BCUT2D eigenvalue weighted by Crippen LogP contribution is -2.22. The van der Waals surface area contributed by atoms with Crippen molar-refractivity contribution in [2.24, 2.45) is 0 Å². The highest BCUT2D eigenvalue weighted by Gasteiger charge is 2.08. The van der Waals surface area contributed by atoms with Gasteiger partial charge in [0.2, 0.25) is 0 Å². The van der Waals surface area contributed by atoms with E-state index >= 15 is 0 Å². The molecule has 0 radical (unpaired) electrons. The largest absolute Gasteiger partial charge is 0.342 e. The van der Waals surface area contributed by atoms with Crippen LogP contribution in [0.25, 0.3) is 0 Å². The first-order valence-electron chi connectivity index (χ1n) is 2.93. The topological polar surface area (TPSA) is 49.0 Å². The Morgan fingerprint density at radius 3 is 2.80 bits per heavy atom. The van der Waals surface area contributed by atoms with Gasteiger partial charge in [0.25, 0.3) is 5.91 Å². The predicted molar refractivity (Wildman–Crippen MR) is 36.6 cm³/mol. The Morgan fingerprint density at radius 2 is 2.40 bits per heavy atom. The van der Waals surface area contributed by atoms with Gasteiger partial charge in [-0.05, 0) is 0 Å². The summed E-state index contributed by atoms with van der Waals surface area (Å²) in [6.07, 6.45) is 3.17. The van der Waals surface area contributed by atoms with Crippen LogP contribution in [-0.2, 0) is 0 Å². The summed E-state index contributed by atoms with van der Waals surface area (Å²) >= 11 is 0. The second-order valence-corrected chi connectivity index (χ2v) is 2.14. The molecule has 0 saturated heterocycles. The predicted octanol–water partition coefficient (Wildman–Crippen LogP) is 0.111. The molecule has 4 heteroatoms. The van der Waals surface area contributed by atoms with Gasteiger partial charge in [0.15, 0.2) is 5.82 Å². The van der Waals surface area contributed by atoms with Gasteiger partial charge in [0.1, 0.15) is 0 Å². The van der Waals surface area contributed by atoms with Crippen LogP contribution in [-0.4, -0.2) is 34.9 Å². The maximum atomic E-state index is 11.0. The second kappa shape index (κ2) is 2.51. The van der Waals surface area contributed by atoms with Gasteiger partial charge in [0, 0.05) is 26.5 Å². The van der Waals surface area contributed by atoms with Crippen molar-refractivity contribution >= 4 is 5.91 Å². The van der Waals surface area contributed by atoms with E-state index < -0.39 is 0 Å². The molecular weight excluding hydrogens is 130 g/mol. The van der Waals surface area contributed by atoms with E-state index in [-0.39, 0.29) is 5.91 Å². The Bertz CT molecular complexity index is 215. The number of aromatic amines is 1. The molecule has 0 atom stereocenters. The lowest BCUT2D eigenvalue weighted by molar-refractivity contribution is 0.0817. The number of nitrogens with zero attached hydrogens (tertiary/aromatic N) is 2. The molecule has 0 aliphatic heterocycles. The number of carbonyl (C=O) groups is 1. The molecule has 1 aromatic heterocycles. The van der Waals surface area contributed by atoms with Crippen molar-refractivity contribution in [3.63, 3.8) is 0 Å². The van der Waals surface area contributed by atoms with E-state index in [4.69, 9.17) is 0 Å². The van der Waals surface area contributed by atoms with Crippen molar-refractivity contribution < 1.29 is 4.79 Å². The van der Waals surface area contributed by atoms with E-state index in [1.54, 1.807) is 26.5 Å². The summed E-state index contributed by atoms with van der Waals surface area (Å²) in [4.78, 5) is 19.0. The van der Waals surface area contributed by atoms with E-state index in [0.717, 1.165) is 0 Å². The highest BCUT2D eigenvalue weighted by Crippen LogP contribution is 1.91. The number of aromatic nitrogens is 2. The first-order chi connectivity index (χ1) is 4.72. The van der Waals surface area contributed by atoms with Crippen LogP contribution < -0.4 is 0 Å². The summed E-state index contributed by atoms with van der Waals surface area (Å²) in [6, 6.07) is 0. The minimum Gasteiger partial charge on any atom is -0.342 e. The van der Waals surface area contributed by atoms with Crippen LogP contribution in [0.4, 0.5) is 0 Å². The van der Waals surface area contributed by atoms with Crippen LogP contribution in [0.2, 0.25) is 0 Å². The van der Waals surface area contributed by atoms with E-state index in [0.29, 0.717) is 5.82 Å². The van der Waals surface area contributed by atoms with E-state index in [9.17, 15) is 4.79 Å². The molecule has 1 N–H and O–H groups in total. The minimum absolute atomic E-state index is 0.106. The van der Waals surface area contributed by atoms with Crippen molar-refractivity contribution in [2.75, 3.05) is 14.1 Å². The molecular formula is C6H9N3O. The third kappa shape index (κ3) is 1.15. The van der Waals surface area contributed by atoms with Crippen molar-refractivity contribution in [1.29, 1.82) is 0 Å². The maximum absolute atomic E-state index is 11.0. The number of amides is 1. The second-order valence-electron chi connectivity index (χ2n) is 2.14. The highest BCUT2D eigenvalue weighted by molar-refractivity contribution is 5.89. The van der Waals surface area contributed by atoms with Gasteiger partial charge in [-0.15, -0.1) is 0 Å². The molecule has 4 nitrogen and oxygen atoms in total. The first-order valence-corrected chi connectivity index (χ1v) is 2.93. The first kappa shape index (κ1) is 6.80. The van der Waals surface area contributed by atoms with Gasteiger partial charge in [0.05, 0.1) is 0 Å². The number of rotatable bonds is 1. The van der Waals surface area contributed by atoms with Crippen molar-refractivity contribution in [3.8, 4) is 0 Å². The molecule has 0 fully saturated rings. The number of hydrogen-bond acceptors (Lipinski definition) is 2. The molecule has 0 unspecified atom stereocenters. The van der Waals surface area contributed by atoms with Crippen LogP contribution in [0.15, 0.2) is 12.4 Å². The van der Waals surface area contributed by atoms with Gasteiger partial charge in [-0.3, -0.25) is 4.79 Å². The van der Waals surface area contributed by atoms with Crippen LogP contribution in [0, 0.1) is 0 Å². The molecule has 0 aliphatic carbocycles. The zero-order chi connectivity index (χ0) is 7.56. The van der Waals surface area contributed by atoms with Crippen molar-refractivity contribution in [2.45, 2.75) is 0 Å². The van der Waals surface area contributed by atoms with Gasteiger partial charge in [-0.2, -0.15) is 0 Å². The Balaban J connectivity index is 2.78. The molecule has 1 heterocycles. The third-order valence-electron chi connectivity index (χ3n) is 1.11. The Hall–Kier alpha value is -1.32. The summed E-state index contributed by atoms with van der Waals surface area (Å²) in [5, 5.41) is 0. The average Bonchev–Trinajstić information content (AvgIpc) is 2.36. The molecule has 0 aliphatic rings. The Labute approximate surface area is 58.9 Å². The molecule has 0 spiro atoms. The Kier molecular flexibility index (Phi) is 1.71. The summed E-state index contributed by atoms with van der Waals surface area (Å²) < 4.78 is 0. The maximum Gasteiger partial charge on any atom is 0.289 e. The number of imidazole rings is 1. The number of hydrogen-bond donors (Lipinski definition) is 1. The fourth-order valence-corrected chi connectivity index (χ4v) is 0.594. The SMILES string of the molecule is CN(C)C(=O)c1ncc[nH]1. The summed E-state index contributed by atoms with van der Waals surface area (Å²) in [5.41, 5.74) is 0. The number of carbonyl (C=O) groups excluding carboxylic acids is 1. The molecule has 1 aromatic rings. The fourth-order valence-electron chi connectivity index (χ4n) is 0.594. The zero-order valence-corrected chi connectivity index (χ0v) is 5.96. The molecule has 1 rings (SSSR count). The smallest absolute Gasteiger partial charge is 0.289 e. The van der Waals surface area contributed by atoms with Gasteiger partial charge in [-0.25, -0.2) is 4.98 Å². The summed E-state index contributed by atoms with van der Waals surface area (Å²) in [6.45, 7) is 0. The van der Waals surface area contributed by atoms with Crippen LogP contribution >= 0.6 is 0 Å². The quantitative estimate of drug-likeness (QED) is 0.600. The van der Waals surface area contributed by atoms with E-state index in [1.165, 1.54) is 4.90 Å². The Morgan fingerprint density at radius 1 is 1.70 bits per heavy atom. The van der Waals surface area contributed by atoms with Crippen molar-refractivity contribution in [3.05, 3.63) is 18.2 Å². The molecule has 10 heavy (non-hydrogen) atoms. The number of H-pyrrole nitrogens is 1. The van der Waals surface area contributed by atoms with Gasteiger partial charge in [-0.1, -0.05) is 0 Å². The zero-order valence-electron chi connectivity index (χ0n) is 5.96. The molecule has 0 aromatic carbocycles. The molecule has 0 saturated carbocycles. The van der Waals surface area contributed by atoms with E-state index in [2.05, 4.69) is 9.97 Å². The monoisotopic (exact) mass is 139 g/mol.